The number of ether oxygens (including phenoxy) is 9. The topological polar surface area (TPSA) is 194 Å². The van der Waals surface area contributed by atoms with Crippen LogP contribution in [0.5, 0.6) is 34.5 Å². The zero-order valence-corrected chi connectivity index (χ0v) is 53.9. The van der Waals surface area contributed by atoms with Gasteiger partial charge in [0.2, 0.25) is 7.59 Å². The summed E-state index contributed by atoms with van der Waals surface area (Å²) in [6, 6.07) is 18.9. The van der Waals surface area contributed by atoms with E-state index in [9.17, 15) is 14.4 Å². The number of carbonyl (C=O) groups excluding carboxylic acids is 4. The van der Waals surface area contributed by atoms with Crippen molar-refractivity contribution in [3.05, 3.63) is 107 Å². The molecule has 0 saturated carbocycles. The molecule has 4 aromatic carbocycles. The number of aliphatic hydroxyl groups is 1. The first-order chi connectivity index (χ1) is 40.2. The van der Waals surface area contributed by atoms with Crippen LogP contribution in [0.25, 0.3) is 11.1 Å². The second-order valence-corrected chi connectivity index (χ2v) is 31.7. The van der Waals surface area contributed by atoms with Crippen molar-refractivity contribution in [3.8, 4) is 34.5 Å². The van der Waals surface area contributed by atoms with Crippen LogP contribution in [0.4, 0.5) is 21.0 Å². The van der Waals surface area contributed by atoms with E-state index >= 15 is 4.79 Å². The second kappa shape index (κ2) is 27.3. The molecule has 4 aliphatic rings. The fraction of sp³-hybridized carbons (Fsp3) is 0.458. The van der Waals surface area contributed by atoms with E-state index in [-0.39, 0.29) is 96.4 Å². The van der Waals surface area contributed by atoms with Gasteiger partial charge in [-0.1, -0.05) is 115 Å². The molecule has 0 saturated heterocycles. The number of hydrogen-bond acceptors (Lipinski definition) is 15. The Bertz CT molecular complexity index is 3150. The van der Waals surface area contributed by atoms with E-state index in [1.54, 1.807) is 36.2 Å². The third kappa shape index (κ3) is 15.3. The van der Waals surface area contributed by atoms with Crippen LogP contribution in [0.15, 0.2) is 85.2 Å². The number of nitrogens with zero attached hydrogens (tertiary/aromatic N) is 4. The Kier molecular flexibility index (Phi) is 21.0. The van der Waals surface area contributed by atoms with Crippen LogP contribution >= 0.6 is 69.6 Å². The highest BCUT2D eigenvalue weighted by atomic mass is 35.6. The summed E-state index contributed by atoms with van der Waals surface area (Å²) in [5.41, 5.74) is 3.79. The van der Waals surface area contributed by atoms with Crippen LogP contribution in [-0.4, -0.2) is 153 Å². The number of anilines is 2. The van der Waals surface area contributed by atoms with Crippen LogP contribution < -0.4 is 38.2 Å². The van der Waals surface area contributed by atoms with E-state index in [1.165, 1.54) is 48.3 Å². The molecule has 4 aromatic rings. The molecule has 460 valence electrons. The molecule has 0 aliphatic carbocycles. The van der Waals surface area contributed by atoms with Crippen LogP contribution in [0.2, 0.25) is 18.1 Å². The predicted molar refractivity (Wildman–Crippen MR) is 329 cm³/mol. The summed E-state index contributed by atoms with van der Waals surface area (Å²) in [4.78, 5) is 64.6. The molecule has 0 aromatic heterocycles. The van der Waals surface area contributed by atoms with Gasteiger partial charge in [-0.15, -0.1) is 0 Å². The summed E-state index contributed by atoms with van der Waals surface area (Å²) < 4.78 is 55.5. The van der Waals surface area contributed by atoms with Crippen molar-refractivity contribution in [3.63, 3.8) is 0 Å². The number of hydrogen-bond donors (Lipinski definition) is 1. The Morgan fingerprint density at radius 3 is 1.54 bits per heavy atom. The number of halogens is 6. The minimum absolute atomic E-state index is 0.00459. The van der Waals surface area contributed by atoms with Gasteiger partial charge in [-0.3, -0.25) is 14.5 Å². The lowest BCUT2D eigenvalue weighted by molar-refractivity contribution is 0.0585. The number of methoxy groups -OCH3 is 3. The SMILES string of the molecule is COc1ccc(C2=CN3C(=O)c4cc(OC)c(OCCCOc5cc6c(cc5OC)C(=O)N5C=C(c7ccc(OCCOCCO)cc7)CC5C(O[Si](C)(C)C(C)(C)C)N6C(=O)OCC(Cl)(Cl)Cl)cc4N(C(=O)OCC(Cl)(Cl)Cl)C(C)C3C2)cc1. The highest BCUT2D eigenvalue weighted by molar-refractivity contribution is 6.74. The van der Waals surface area contributed by atoms with Gasteiger partial charge >= 0.3 is 12.2 Å². The highest BCUT2D eigenvalue weighted by Crippen LogP contribution is 2.48. The minimum atomic E-state index is -2.82. The summed E-state index contributed by atoms with van der Waals surface area (Å²) in [6.07, 6.45) is 1.47. The van der Waals surface area contributed by atoms with Gasteiger partial charge in [0.05, 0.1) is 95.0 Å². The molecule has 0 spiro atoms. The van der Waals surface area contributed by atoms with Crippen molar-refractivity contribution in [2.75, 3.05) is 84.0 Å². The Labute approximate surface area is 525 Å². The van der Waals surface area contributed by atoms with Crippen LogP contribution in [0.3, 0.4) is 0 Å². The molecular formula is C59H68Cl6N4O15Si. The van der Waals surface area contributed by atoms with Gasteiger partial charge in [-0.2, -0.15) is 0 Å². The molecule has 0 bridgehead atoms. The van der Waals surface area contributed by atoms with E-state index in [2.05, 4.69) is 20.8 Å². The number of fused-ring (bicyclic) bond motifs is 4. The fourth-order valence-corrected chi connectivity index (χ4v) is 11.5. The molecule has 4 amide bonds. The lowest BCUT2D eigenvalue weighted by atomic mass is 9.98. The first kappa shape index (κ1) is 65.5. The highest BCUT2D eigenvalue weighted by Gasteiger charge is 2.52. The fourth-order valence-electron chi connectivity index (χ4n) is 9.97. The summed E-state index contributed by atoms with van der Waals surface area (Å²) in [5.74, 6) is 1.13. The maximum Gasteiger partial charge on any atom is 0.416 e. The van der Waals surface area contributed by atoms with Gasteiger partial charge < -0.3 is 62.0 Å². The average molecular weight is 1310 g/mol. The smallest absolute Gasteiger partial charge is 0.416 e. The van der Waals surface area contributed by atoms with Crippen LogP contribution in [-0.2, 0) is 18.6 Å². The Morgan fingerprint density at radius 2 is 1.07 bits per heavy atom. The molecule has 4 unspecified atom stereocenters. The Hall–Kier alpha value is -5.52. The monoisotopic (exact) mass is 1310 g/mol. The molecule has 4 atom stereocenters. The lowest BCUT2D eigenvalue weighted by Crippen LogP contribution is -2.58. The maximum absolute atomic E-state index is 15.2. The molecule has 19 nitrogen and oxygen atoms in total. The Balaban J connectivity index is 1.08. The molecule has 4 aliphatic heterocycles. The van der Waals surface area contributed by atoms with Gasteiger partial charge in [0.15, 0.2) is 37.5 Å². The van der Waals surface area contributed by atoms with E-state index in [0.29, 0.717) is 24.5 Å². The summed E-state index contributed by atoms with van der Waals surface area (Å²) in [5, 5.41) is 8.65. The third-order valence-corrected chi connectivity index (χ3v) is 20.4. The van der Waals surface area contributed by atoms with E-state index < -0.39 is 77.5 Å². The standard InChI is InChI=1S/C59H68Cl6N4O15Si/c1-35-44-25-38(36-11-15-40(75-5)16-12-36)31-66(44)52(71)42-27-48(76-6)50(29-45(42)68(35)55(73)82-33-58(60,61)62)80-20-10-21-81-51-30-46-43(28-49(51)77-7)53(72)67-32-39(37-13-17-41(18-14-37)79-24-23-78-22-19-70)26-47(67)54(84-85(8,9)57(2,3)4)69(46)56(74)83-34-59(63,64)65/h11-18,27-32,35,44,47,54,70H,10,19-26,33-34H2,1-9H3. The third-order valence-electron chi connectivity index (χ3n) is 15.3. The molecule has 0 fully saturated rings. The van der Waals surface area contributed by atoms with Gasteiger partial charge in [0.1, 0.15) is 31.3 Å². The van der Waals surface area contributed by atoms with Crippen molar-refractivity contribution in [2.45, 2.75) is 97.0 Å². The number of alkyl halides is 6. The van der Waals surface area contributed by atoms with Crippen molar-refractivity contribution < 1.29 is 71.3 Å². The average Bonchev–Trinajstić information content (AvgIpc) is 1.69. The molecule has 85 heavy (non-hydrogen) atoms. The van der Waals surface area contributed by atoms with Gasteiger partial charge in [0.25, 0.3) is 11.8 Å². The summed E-state index contributed by atoms with van der Waals surface area (Å²) in [6.45, 7) is 11.6. The maximum atomic E-state index is 15.2. The van der Waals surface area contributed by atoms with E-state index in [0.717, 1.165) is 22.3 Å². The van der Waals surface area contributed by atoms with Crippen LogP contribution in [0.1, 0.15) is 78.8 Å². The molecule has 4 heterocycles. The molecule has 8 rings (SSSR count). The quantitative estimate of drug-likeness (QED) is 0.0470. The second-order valence-electron chi connectivity index (χ2n) is 21.9. The Morgan fingerprint density at radius 1 is 0.600 bits per heavy atom. The number of rotatable bonds is 21. The van der Waals surface area contributed by atoms with E-state index in [1.807, 2.05) is 61.6 Å². The molecule has 1 N–H and O–H groups in total. The summed E-state index contributed by atoms with van der Waals surface area (Å²) in [7, 11) is 1.61. The molecular weight excluding hydrogens is 1250 g/mol. The van der Waals surface area contributed by atoms with Crippen LogP contribution in [0, 0.1) is 0 Å². The number of amides is 4. The largest absolute Gasteiger partial charge is 0.497 e. The van der Waals surface area contributed by atoms with Gasteiger partial charge in [-0.25, -0.2) is 14.5 Å². The molecule has 26 heteroatoms. The van der Waals surface area contributed by atoms with Crippen molar-refractivity contribution in [1.82, 2.24) is 9.80 Å². The van der Waals surface area contributed by atoms with Gasteiger partial charge in [-0.05, 0) is 96.6 Å². The van der Waals surface area contributed by atoms with Crippen molar-refractivity contribution >= 4 is 124 Å². The normalized spacial score (nSPS) is 18.7. The minimum Gasteiger partial charge on any atom is -0.497 e. The lowest BCUT2D eigenvalue weighted by Gasteiger charge is -2.44. The first-order valence-corrected chi connectivity index (χ1v) is 32.4. The zero-order valence-electron chi connectivity index (χ0n) is 48.4. The zero-order chi connectivity index (χ0) is 61.8. The predicted octanol–water partition coefficient (Wildman–Crippen LogP) is 12.8. The first-order valence-electron chi connectivity index (χ1n) is 27.2. The van der Waals surface area contributed by atoms with E-state index in [4.69, 9.17) is 122 Å². The number of aliphatic hydroxyl groups excluding tert-OH is 1. The number of carbonyl (C=O) groups is 4. The van der Waals surface area contributed by atoms with Crippen molar-refractivity contribution in [2.24, 2.45) is 0 Å². The number of benzene rings is 4. The summed E-state index contributed by atoms with van der Waals surface area (Å²) >= 11 is 36.6. The van der Waals surface area contributed by atoms with Crippen molar-refractivity contribution in [1.29, 1.82) is 0 Å². The molecule has 0 radical (unpaired) electrons. The van der Waals surface area contributed by atoms with Gasteiger partial charge in [0, 0.05) is 31.0 Å².